The maximum absolute atomic E-state index is 7.68. The van der Waals surface area contributed by atoms with Gasteiger partial charge in [0.05, 0.1) is 18.8 Å². The number of rotatable bonds is 5. The Labute approximate surface area is 399 Å². The number of fused-ring (bicyclic) bond motifs is 8. The third-order valence-electron chi connectivity index (χ3n) is 15.0. The van der Waals surface area contributed by atoms with Crippen LogP contribution in [0.5, 0.6) is 0 Å². The lowest BCUT2D eigenvalue weighted by Gasteiger charge is -2.27. The van der Waals surface area contributed by atoms with E-state index in [1.165, 1.54) is 119 Å². The van der Waals surface area contributed by atoms with Gasteiger partial charge in [0.1, 0.15) is 0 Å². The summed E-state index contributed by atoms with van der Waals surface area (Å²) >= 11 is 0. The molecule has 0 atom stereocenters. The van der Waals surface area contributed by atoms with Gasteiger partial charge in [-0.05, 0) is 155 Å². The van der Waals surface area contributed by atoms with Crippen LogP contribution in [0, 0.1) is 13.1 Å². The van der Waals surface area contributed by atoms with Gasteiger partial charge < -0.3 is 4.90 Å². The van der Waals surface area contributed by atoms with Gasteiger partial charge in [0.15, 0.2) is 11.4 Å². The van der Waals surface area contributed by atoms with Crippen molar-refractivity contribution < 1.29 is 0 Å². The molecule has 14 rings (SSSR count). The Kier molecular flexibility index (Phi) is 8.09. The molecule has 14 aromatic carbocycles. The molecule has 0 unspecified atom stereocenters. The Balaban J connectivity index is 1.17. The molecule has 0 aromatic heterocycles. The molecular formula is C66H41N3. The highest BCUT2D eigenvalue weighted by Crippen LogP contribution is 2.58. The van der Waals surface area contributed by atoms with Crippen LogP contribution in [0.2, 0.25) is 0 Å². The van der Waals surface area contributed by atoms with E-state index in [0.29, 0.717) is 11.4 Å². The molecule has 320 valence electrons. The highest BCUT2D eigenvalue weighted by Gasteiger charge is 2.30. The largest absolute Gasteiger partial charge is 0.310 e. The summed E-state index contributed by atoms with van der Waals surface area (Å²) in [4.78, 5) is 9.67. The molecule has 0 aliphatic heterocycles. The van der Waals surface area contributed by atoms with Gasteiger partial charge in [-0.3, -0.25) is 0 Å². The van der Waals surface area contributed by atoms with Gasteiger partial charge in [0.2, 0.25) is 0 Å². The highest BCUT2D eigenvalue weighted by atomic mass is 15.1. The van der Waals surface area contributed by atoms with Crippen molar-refractivity contribution >= 4 is 125 Å². The molecule has 3 heteroatoms. The lowest BCUT2D eigenvalue weighted by Crippen LogP contribution is -2.11. The standard InChI is InChI=1S/C66H41N3/c1-66(2,3)54-36-34-45-47-31-33-53-61-52(32-30-46(60(47)61)44-18-12-19-48(54)58(44)45)64-56(38-14-8-6-9-15-38)62-50-21-13-20-49-55(37-35-51(59(49)50)63(62)57(65(53)64)39-16-10-7-11-17-39)69(42-26-22-40(67-4)23-27-42)43-28-24-41(68-5)25-29-43/h6-37H,1-3H3. The van der Waals surface area contributed by atoms with Gasteiger partial charge in [0, 0.05) is 16.8 Å². The maximum atomic E-state index is 7.68. The van der Waals surface area contributed by atoms with Crippen LogP contribution in [0.25, 0.3) is 129 Å². The summed E-state index contributed by atoms with van der Waals surface area (Å²) < 4.78 is 0. The third kappa shape index (κ3) is 5.36. The predicted molar refractivity (Wildman–Crippen MR) is 294 cm³/mol. The molecule has 69 heavy (non-hydrogen) atoms. The van der Waals surface area contributed by atoms with Crippen LogP contribution in [-0.4, -0.2) is 0 Å². The summed E-state index contributed by atoms with van der Waals surface area (Å²) in [5.74, 6) is 0. The fourth-order valence-corrected chi connectivity index (χ4v) is 12.3. The molecule has 0 amide bonds. The number of hydrogen-bond donors (Lipinski definition) is 0. The van der Waals surface area contributed by atoms with E-state index in [-0.39, 0.29) is 5.41 Å². The third-order valence-corrected chi connectivity index (χ3v) is 15.0. The lowest BCUT2D eigenvalue weighted by atomic mass is 9.80. The molecule has 0 aliphatic rings. The molecule has 0 heterocycles. The van der Waals surface area contributed by atoms with Crippen molar-refractivity contribution in [1.82, 2.24) is 0 Å². The van der Waals surface area contributed by atoms with Crippen molar-refractivity contribution in [2.24, 2.45) is 0 Å². The molecule has 0 aliphatic carbocycles. The summed E-state index contributed by atoms with van der Waals surface area (Å²) in [7, 11) is 0. The van der Waals surface area contributed by atoms with Crippen molar-refractivity contribution in [1.29, 1.82) is 0 Å². The monoisotopic (exact) mass is 875 g/mol. The Bertz CT molecular complexity index is 4290. The average Bonchev–Trinajstić information content (AvgIpc) is 3.91. The zero-order chi connectivity index (χ0) is 46.3. The quantitative estimate of drug-likeness (QED) is 0.0953. The van der Waals surface area contributed by atoms with Crippen molar-refractivity contribution in [3.8, 4) is 22.3 Å². The number of hydrogen-bond acceptors (Lipinski definition) is 1. The van der Waals surface area contributed by atoms with Crippen molar-refractivity contribution in [2.75, 3.05) is 4.90 Å². The minimum absolute atomic E-state index is 0.00867. The van der Waals surface area contributed by atoms with Crippen LogP contribution in [0.15, 0.2) is 194 Å². The summed E-state index contributed by atoms with van der Waals surface area (Å²) in [6, 6.07) is 70.5. The summed E-state index contributed by atoms with van der Waals surface area (Å²) in [6.45, 7) is 22.3. The average molecular weight is 876 g/mol. The summed E-state index contributed by atoms with van der Waals surface area (Å²) in [5.41, 5.74) is 10.4. The van der Waals surface area contributed by atoms with E-state index in [9.17, 15) is 0 Å². The first-order valence-electron chi connectivity index (χ1n) is 23.7. The van der Waals surface area contributed by atoms with Gasteiger partial charge >= 0.3 is 0 Å². The second-order valence-electron chi connectivity index (χ2n) is 19.6. The molecule has 0 spiro atoms. The normalized spacial score (nSPS) is 12.2. The molecule has 0 fully saturated rings. The van der Waals surface area contributed by atoms with Crippen LogP contribution in [0.4, 0.5) is 28.4 Å². The van der Waals surface area contributed by atoms with Crippen molar-refractivity contribution in [3.05, 3.63) is 223 Å². The van der Waals surface area contributed by atoms with Gasteiger partial charge in [-0.1, -0.05) is 185 Å². The highest BCUT2D eigenvalue weighted by molar-refractivity contribution is 6.49. The summed E-state index contributed by atoms with van der Waals surface area (Å²) in [5, 5.41) is 23.0. The van der Waals surface area contributed by atoms with Crippen LogP contribution in [-0.2, 0) is 5.41 Å². The predicted octanol–water partition coefficient (Wildman–Crippen LogP) is 19.6. The zero-order valence-corrected chi connectivity index (χ0v) is 38.3. The smallest absolute Gasteiger partial charge is 0.187 e. The van der Waals surface area contributed by atoms with Crippen LogP contribution < -0.4 is 4.90 Å². The molecule has 0 radical (unpaired) electrons. The Morgan fingerprint density at radius 1 is 0.319 bits per heavy atom. The molecular weight excluding hydrogens is 835 g/mol. The second-order valence-corrected chi connectivity index (χ2v) is 19.6. The Morgan fingerprint density at radius 3 is 1.22 bits per heavy atom. The second kappa shape index (κ2) is 14.2. The molecule has 0 N–H and O–H groups in total. The number of benzene rings is 12. The van der Waals surface area contributed by atoms with Crippen LogP contribution >= 0.6 is 0 Å². The topological polar surface area (TPSA) is 12.0 Å². The first kappa shape index (κ1) is 39.2. The van der Waals surface area contributed by atoms with Crippen LogP contribution in [0.3, 0.4) is 0 Å². The zero-order valence-electron chi connectivity index (χ0n) is 38.3. The van der Waals surface area contributed by atoms with E-state index in [0.717, 1.165) is 22.4 Å². The van der Waals surface area contributed by atoms with E-state index in [1.807, 2.05) is 48.5 Å². The van der Waals surface area contributed by atoms with Gasteiger partial charge in [-0.2, -0.15) is 0 Å². The minimum atomic E-state index is 0.00867. The Hall–Kier alpha value is -9.02. The molecule has 0 saturated heterocycles. The molecule has 0 bridgehead atoms. The lowest BCUT2D eigenvalue weighted by molar-refractivity contribution is 0.596. The molecule has 14 aromatic rings. The maximum Gasteiger partial charge on any atom is 0.187 e. The van der Waals surface area contributed by atoms with Gasteiger partial charge in [0.25, 0.3) is 0 Å². The minimum Gasteiger partial charge on any atom is -0.310 e. The number of nitrogens with zero attached hydrogens (tertiary/aromatic N) is 3. The van der Waals surface area contributed by atoms with E-state index in [1.54, 1.807) is 0 Å². The van der Waals surface area contributed by atoms with E-state index in [2.05, 4.69) is 181 Å². The first-order valence-corrected chi connectivity index (χ1v) is 23.7. The van der Waals surface area contributed by atoms with Gasteiger partial charge in [-0.25, -0.2) is 9.69 Å². The SMILES string of the molecule is [C-]#[N+]c1ccc(N(c2ccc([N+]#[C-])cc2)c2ccc3c4c(-c5ccccc5)c5c6ccc7c8ccc(C(C)(C)C)c9cccc(c%10ccc(c5c(-c5ccccc5)c4c4cccc2c43)c6c%107)c98)cc1. The Morgan fingerprint density at radius 2 is 0.696 bits per heavy atom. The molecule has 0 saturated carbocycles. The van der Waals surface area contributed by atoms with E-state index >= 15 is 0 Å². The van der Waals surface area contributed by atoms with E-state index < -0.39 is 0 Å². The number of anilines is 3. The fraction of sp³-hybridized carbons (Fsp3) is 0.0606. The summed E-state index contributed by atoms with van der Waals surface area (Å²) in [6.07, 6.45) is 0. The van der Waals surface area contributed by atoms with Gasteiger partial charge in [-0.15, -0.1) is 0 Å². The van der Waals surface area contributed by atoms with Crippen molar-refractivity contribution in [3.63, 3.8) is 0 Å². The van der Waals surface area contributed by atoms with Crippen LogP contribution in [0.1, 0.15) is 26.3 Å². The van der Waals surface area contributed by atoms with Crippen molar-refractivity contribution in [2.45, 2.75) is 26.2 Å². The molecule has 3 nitrogen and oxygen atoms in total. The van der Waals surface area contributed by atoms with E-state index in [4.69, 9.17) is 13.1 Å². The first-order chi connectivity index (χ1) is 33.8. The fourth-order valence-electron chi connectivity index (χ4n) is 12.3.